The van der Waals surface area contributed by atoms with Gasteiger partial charge >= 0.3 is 5.97 Å². The van der Waals surface area contributed by atoms with Gasteiger partial charge in [-0.1, -0.05) is 42.5 Å². The lowest BCUT2D eigenvalue weighted by Gasteiger charge is -2.10. The van der Waals surface area contributed by atoms with Gasteiger partial charge in [-0.25, -0.2) is 0 Å². The average Bonchev–Trinajstić information content (AvgIpc) is 2.56. The van der Waals surface area contributed by atoms with E-state index in [2.05, 4.69) is 16.9 Å². The second-order valence-electron chi connectivity index (χ2n) is 5.06. The maximum absolute atomic E-state index is 11.3. The summed E-state index contributed by atoms with van der Waals surface area (Å²) in [5.41, 5.74) is 7.97. The molecule has 0 aliphatic rings. The van der Waals surface area contributed by atoms with Crippen LogP contribution in [0.3, 0.4) is 0 Å². The van der Waals surface area contributed by atoms with Crippen LogP contribution >= 0.6 is 0 Å². The first-order chi connectivity index (χ1) is 10.7. The molecule has 2 aromatic carbocycles. The Kier molecular flexibility index (Phi) is 5.98. The second-order valence-corrected chi connectivity index (χ2v) is 5.06. The maximum atomic E-state index is 11.3. The van der Waals surface area contributed by atoms with Crippen LogP contribution in [-0.2, 0) is 22.4 Å². The van der Waals surface area contributed by atoms with E-state index in [4.69, 9.17) is 10.5 Å². The van der Waals surface area contributed by atoms with Gasteiger partial charge in [-0.05, 0) is 29.7 Å². The molecule has 0 saturated heterocycles. The molecular formula is C18H21NO3. The SMILES string of the molecule is COC(=O)C(N)Cc1ccc(OCCc2ccccc2)cc1. The number of ether oxygens (including phenoxy) is 2. The Hall–Kier alpha value is -2.33. The molecule has 0 aliphatic carbocycles. The van der Waals surface area contributed by atoms with Crippen LogP contribution in [0.5, 0.6) is 5.75 Å². The van der Waals surface area contributed by atoms with Crippen molar-refractivity contribution in [3.63, 3.8) is 0 Å². The molecular weight excluding hydrogens is 278 g/mol. The van der Waals surface area contributed by atoms with Gasteiger partial charge in [-0.3, -0.25) is 4.79 Å². The number of nitrogens with two attached hydrogens (primary N) is 1. The fraction of sp³-hybridized carbons (Fsp3) is 0.278. The molecule has 1 atom stereocenters. The van der Waals surface area contributed by atoms with Crippen molar-refractivity contribution in [2.45, 2.75) is 18.9 Å². The van der Waals surface area contributed by atoms with Crippen molar-refractivity contribution < 1.29 is 14.3 Å². The molecule has 2 rings (SSSR count). The summed E-state index contributed by atoms with van der Waals surface area (Å²) in [7, 11) is 1.34. The third kappa shape index (κ3) is 4.90. The highest BCUT2D eigenvalue weighted by Gasteiger charge is 2.13. The first-order valence-electron chi connectivity index (χ1n) is 7.28. The number of hydrogen-bond donors (Lipinski definition) is 1. The number of hydrogen-bond acceptors (Lipinski definition) is 4. The van der Waals surface area contributed by atoms with E-state index >= 15 is 0 Å². The van der Waals surface area contributed by atoms with Crippen molar-refractivity contribution in [2.24, 2.45) is 5.73 Å². The van der Waals surface area contributed by atoms with Crippen molar-refractivity contribution >= 4 is 5.97 Å². The number of methoxy groups -OCH3 is 1. The minimum absolute atomic E-state index is 0.400. The van der Waals surface area contributed by atoms with E-state index in [9.17, 15) is 4.79 Å². The Morgan fingerprint density at radius 1 is 1.05 bits per heavy atom. The highest BCUT2D eigenvalue weighted by molar-refractivity contribution is 5.75. The van der Waals surface area contributed by atoms with Crippen molar-refractivity contribution in [1.82, 2.24) is 0 Å². The van der Waals surface area contributed by atoms with E-state index in [0.29, 0.717) is 13.0 Å². The summed E-state index contributed by atoms with van der Waals surface area (Å²) in [5, 5.41) is 0. The summed E-state index contributed by atoms with van der Waals surface area (Å²) in [6.45, 7) is 0.630. The maximum Gasteiger partial charge on any atom is 0.322 e. The Morgan fingerprint density at radius 2 is 1.73 bits per heavy atom. The number of esters is 1. The lowest BCUT2D eigenvalue weighted by atomic mass is 10.1. The van der Waals surface area contributed by atoms with Gasteiger partial charge < -0.3 is 15.2 Å². The molecule has 0 aromatic heterocycles. The van der Waals surface area contributed by atoms with Gasteiger partial charge in [0.15, 0.2) is 0 Å². The monoisotopic (exact) mass is 299 g/mol. The first-order valence-corrected chi connectivity index (χ1v) is 7.28. The van der Waals surface area contributed by atoms with E-state index in [-0.39, 0.29) is 0 Å². The predicted molar refractivity (Wildman–Crippen MR) is 85.8 cm³/mol. The largest absolute Gasteiger partial charge is 0.493 e. The van der Waals surface area contributed by atoms with Crippen LogP contribution < -0.4 is 10.5 Å². The average molecular weight is 299 g/mol. The quantitative estimate of drug-likeness (QED) is 0.797. The van der Waals surface area contributed by atoms with E-state index in [1.54, 1.807) is 0 Å². The number of carbonyl (C=O) groups excluding carboxylic acids is 1. The molecule has 4 nitrogen and oxygen atoms in total. The topological polar surface area (TPSA) is 61.5 Å². The standard InChI is InChI=1S/C18H21NO3/c1-21-18(20)17(19)13-15-7-9-16(10-8-15)22-12-11-14-5-3-2-4-6-14/h2-10,17H,11-13,19H2,1H3. The molecule has 0 heterocycles. The minimum atomic E-state index is -0.630. The van der Waals surface area contributed by atoms with Gasteiger partial charge in [-0.2, -0.15) is 0 Å². The molecule has 1 unspecified atom stereocenters. The normalized spacial score (nSPS) is 11.7. The van der Waals surface area contributed by atoms with Crippen LogP contribution in [0.2, 0.25) is 0 Å². The van der Waals surface area contributed by atoms with E-state index < -0.39 is 12.0 Å². The fourth-order valence-electron chi connectivity index (χ4n) is 2.14. The van der Waals surface area contributed by atoms with Gasteiger partial charge in [0.05, 0.1) is 13.7 Å². The number of benzene rings is 2. The molecule has 0 bridgehead atoms. The van der Waals surface area contributed by atoms with Crippen LogP contribution in [0.15, 0.2) is 54.6 Å². The van der Waals surface area contributed by atoms with Gasteiger partial charge in [0.1, 0.15) is 11.8 Å². The molecule has 4 heteroatoms. The number of rotatable bonds is 7. The van der Waals surface area contributed by atoms with Crippen LogP contribution in [0.25, 0.3) is 0 Å². The minimum Gasteiger partial charge on any atom is -0.493 e. The summed E-state index contributed by atoms with van der Waals surface area (Å²) in [6.07, 6.45) is 1.33. The zero-order valence-corrected chi connectivity index (χ0v) is 12.7. The molecule has 116 valence electrons. The zero-order valence-electron chi connectivity index (χ0n) is 12.7. The zero-order chi connectivity index (χ0) is 15.8. The van der Waals surface area contributed by atoms with Crippen molar-refractivity contribution in [2.75, 3.05) is 13.7 Å². The number of carbonyl (C=O) groups is 1. The summed E-state index contributed by atoms with van der Waals surface area (Å²) >= 11 is 0. The van der Waals surface area contributed by atoms with E-state index in [1.165, 1.54) is 12.7 Å². The third-order valence-electron chi connectivity index (χ3n) is 3.39. The Bertz CT molecular complexity index is 581. The van der Waals surface area contributed by atoms with Gasteiger partial charge in [0, 0.05) is 6.42 Å². The highest BCUT2D eigenvalue weighted by Crippen LogP contribution is 2.14. The smallest absolute Gasteiger partial charge is 0.322 e. The van der Waals surface area contributed by atoms with Gasteiger partial charge in [0.2, 0.25) is 0 Å². The van der Waals surface area contributed by atoms with Crippen molar-refractivity contribution in [3.8, 4) is 5.75 Å². The van der Waals surface area contributed by atoms with E-state index in [0.717, 1.165) is 17.7 Å². The van der Waals surface area contributed by atoms with Crippen LogP contribution in [0, 0.1) is 0 Å². The fourth-order valence-corrected chi connectivity index (χ4v) is 2.14. The molecule has 2 N–H and O–H groups in total. The van der Waals surface area contributed by atoms with Crippen LogP contribution in [0.1, 0.15) is 11.1 Å². The molecule has 0 saturated carbocycles. The molecule has 2 aromatic rings. The van der Waals surface area contributed by atoms with E-state index in [1.807, 2.05) is 42.5 Å². The second kappa shape index (κ2) is 8.20. The van der Waals surface area contributed by atoms with Crippen LogP contribution in [-0.4, -0.2) is 25.7 Å². The van der Waals surface area contributed by atoms with Crippen molar-refractivity contribution in [1.29, 1.82) is 0 Å². The molecule has 0 amide bonds. The summed E-state index contributed by atoms with van der Waals surface area (Å²) in [6, 6.07) is 17.2. The van der Waals surface area contributed by atoms with Crippen LogP contribution in [0.4, 0.5) is 0 Å². The van der Waals surface area contributed by atoms with Crippen molar-refractivity contribution in [3.05, 3.63) is 65.7 Å². The Morgan fingerprint density at radius 3 is 2.36 bits per heavy atom. The molecule has 0 radical (unpaired) electrons. The Labute approximate surface area is 130 Å². The lowest BCUT2D eigenvalue weighted by molar-refractivity contribution is -0.142. The molecule has 0 aliphatic heterocycles. The molecule has 0 fully saturated rings. The summed E-state index contributed by atoms with van der Waals surface area (Å²) in [5.74, 6) is 0.412. The Balaban J connectivity index is 1.80. The predicted octanol–water partition coefficient (Wildman–Crippen LogP) is 2.35. The van der Waals surface area contributed by atoms with Gasteiger partial charge in [0.25, 0.3) is 0 Å². The summed E-state index contributed by atoms with van der Waals surface area (Å²) in [4.78, 5) is 11.3. The lowest BCUT2D eigenvalue weighted by Crippen LogP contribution is -2.33. The highest BCUT2D eigenvalue weighted by atomic mass is 16.5. The summed E-state index contributed by atoms with van der Waals surface area (Å²) < 4.78 is 10.3. The molecule has 22 heavy (non-hydrogen) atoms. The first kappa shape index (κ1) is 16.0. The van der Waals surface area contributed by atoms with Gasteiger partial charge in [-0.15, -0.1) is 0 Å². The third-order valence-corrected chi connectivity index (χ3v) is 3.39. The molecule has 0 spiro atoms.